The molecule has 0 saturated heterocycles. The van der Waals surface area contributed by atoms with Gasteiger partial charge in [-0.2, -0.15) is 0 Å². The number of hydrogen-bond donors (Lipinski definition) is 0. The van der Waals surface area contributed by atoms with Crippen molar-refractivity contribution in [1.29, 1.82) is 0 Å². The number of halogens is 2. The minimum atomic E-state index is -0.713. The van der Waals surface area contributed by atoms with Gasteiger partial charge >= 0.3 is 11.9 Å². The summed E-state index contributed by atoms with van der Waals surface area (Å²) in [6.45, 7) is 7.92. The Balaban J connectivity index is 1.49. The molecule has 0 aromatic heterocycles. The summed E-state index contributed by atoms with van der Waals surface area (Å²) in [7, 11) is 0. The summed E-state index contributed by atoms with van der Waals surface area (Å²) in [6, 6.07) is 15.8. The van der Waals surface area contributed by atoms with Crippen LogP contribution in [-0.4, -0.2) is 31.8 Å². The van der Waals surface area contributed by atoms with Crippen molar-refractivity contribution in [3.63, 3.8) is 0 Å². The molecule has 3 rings (SSSR count). The molecule has 0 saturated carbocycles. The fourth-order valence-corrected chi connectivity index (χ4v) is 3.98. The summed E-state index contributed by atoms with van der Waals surface area (Å²) < 4.78 is 39.6. The normalized spacial score (nSPS) is 10.7. The van der Waals surface area contributed by atoms with Gasteiger partial charge in [0.25, 0.3) is 0 Å². The van der Waals surface area contributed by atoms with Crippen LogP contribution in [0.2, 0.25) is 0 Å². The molecular weight excluding hydrogens is 530 g/mol. The number of benzene rings is 3. The van der Waals surface area contributed by atoms with Gasteiger partial charge in [-0.25, -0.2) is 28.1 Å². The van der Waals surface area contributed by atoms with Gasteiger partial charge in [0.15, 0.2) is 11.6 Å². The van der Waals surface area contributed by atoms with Crippen LogP contribution in [0.3, 0.4) is 0 Å². The fourth-order valence-electron chi connectivity index (χ4n) is 3.98. The van der Waals surface area contributed by atoms with Gasteiger partial charge < -0.3 is 9.47 Å². The second-order valence-electron chi connectivity index (χ2n) is 9.23. The zero-order valence-electron chi connectivity index (χ0n) is 22.9. The van der Waals surface area contributed by atoms with Gasteiger partial charge in [0.2, 0.25) is 0 Å². The lowest BCUT2D eigenvalue weighted by atomic mass is 10.00. The van der Waals surface area contributed by atoms with Crippen LogP contribution in [0.15, 0.2) is 86.0 Å². The van der Waals surface area contributed by atoms with Crippen LogP contribution < -0.4 is 4.74 Å². The molecule has 0 aliphatic carbocycles. The molecule has 0 aliphatic rings. The highest BCUT2D eigenvalue weighted by atomic mass is 19.1. The zero-order chi connectivity index (χ0) is 29.5. The SMILES string of the molecule is C=CCOOCCCCc1ccc(OC(=O)c2ccc(-c3ccc(CCCCOC(=O)C=C)cc3F)cc2)c(F)c1. The molecule has 3 aromatic rings. The summed E-state index contributed by atoms with van der Waals surface area (Å²) in [5, 5.41) is 0. The first-order valence-corrected chi connectivity index (χ1v) is 13.4. The van der Waals surface area contributed by atoms with Crippen molar-refractivity contribution < 1.29 is 37.6 Å². The van der Waals surface area contributed by atoms with Crippen LogP contribution in [0.4, 0.5) is 8.78 Å². The summed E-state index contributed by atoms with van der Waals surface area (Å²) in [6.07, 6.45) is 6.92. The van der Waals surface area contributed by atoms with Gasteiger partial charge in [0.05, 0.1) is 18.8 Å². The lowest BCUT2D eigenvalue weighted by molar-refractivity contribution is -0.286. The fraction of sp³-hybridized carbons (Fsp3) is 0.273. The van der Waals surface area contributed by atoms with Crippen LogP contribution in [0.25, 0.3) is 11.1 Å². The molecule has 0 amide bonds. The number of carbonyl (C=O) groups excluding carboxylic acids is 2. The Hall–Kier alpha value is -4.14. The molecule has 6 nitrogen and oxygen atoms in total. The van der Waals surface area contributed by atoms with Crippen molar-refractivity contribution in [2.45, 2.75) is 38.5 Å². The van der Waals surface area contributed by atoms with Crippen molar-refractivity contribution in [3.8, 4) is 16.9 Å². The number of esters is 2. The molecule has 0 aliphatic heterocycles. The maximum atomic E-state index is 14.8. The molecule has 0 atom stereocenters. The Morgan fingerprint density at radius 1 is 0.756 bits per heavy atom. The second kappa shape index (κ2) is 16.8. The Bertz CT molecular complexity index is 1320. The van der Waals surface area contributed by atoms with E-state index in [2.05, 4.69) is 13.2 Å². The summed E-state index contributed by atoms with van der Waals surface area (Å²) >= 11 is 0. The lowest BCUT2D eigenvalue weighted by Crippen LogP contribution is -2.09. The molecule has 0 radical (unpaired) electrons. The molecule has 8 heteroatoms. The average molecular weight is 565 g/mol. The maximum absolute atomic E-state index is 14.8. The van der Waals surface area contributed by atoms with E-state index in [1.54, 1.807) is 30.3 Å². The van der Waals surface area contributed by atoms with Crippen LogP contribution in [0, 0.1) is 11.6 Å². The highest BCUT2D eigenvalue weighted by Gasteiger charge is 2.14. The van der Waals surface area contributed by atoms with Crippen molar-refractivity contribution in [3.05, 3.63) is 114 Å². The third-order valence-electron chi connectivity index (χ3n) is 6.15. The predicted molar refractivity (Wildman–Crippen MR) is 152 cm³/mol. The molecule has 0 N–H and O–H groups in total. The monoisotopic (exact) mass is 564 g/mol. The second-order valence-corrected chi connectivity index (χ2v) is 9.23. The summed E-state index contributed by atoms with van der Waals surface area (Å²) in [5.74, 6) is -2.34. The molecule has 3 aromatic carbocycles. The van der Waals surface area contributed by atoms with Crippen molar-refractivity contribution in [2.75, 3.05) is 19.8 Å². The zero-order valence-corrected chi connectivity index (χ0v) is 22.9. The first-order valence-electron chi connectivity index (χ1n) is 13.4. The van der Waals surface area contributed by atoms with Gasteiger partial charge in [-0.05, 0) is 85.5 Å². The van der Waals surface area contributed by atoms with E-state index in [1.165, 1.54) is 30.3 Å². The number of unbranched alkanes of at least 4 members (excludes halogenated alkanes) is 2. The van der Waals surface area contributed by atoms with Crippen molar-refractivity contribution in [2.24, 2.45) is 0 Å². The summed E-state index contributed by atoms with van der Waals surface area (Å²) in [5.41, 5.74) is 2.81. The van der Waals surface area contributed by atoms with Crippen LogP contribution >= 0.6 is 0 Å². The molecule has 0 bridgehead atoms. The van der Waals surface area contributed by atoms with E-state index in [0.717, 1.165) is 36.5 Å². The topological polar surface area (TPSA) is 71.1 Å². The minimum absolute atomic E-state index is 0.163. The average Bonchev–Trinajstić information content (AvgIpc) is 2.98. The number of ether oxygens (including phenoxy) is 2. The molecule has 41 heavy (non-hydrogen) atoms. The number of rotatable bonds is 17. The Labute approximate surface area is 239 Å². The Kier molecular flexibility index (Phi) is 12.9. The van der Waals surface area contributed by atoms with Gasteiger partial charge in [0.1, 0.15) is 12.4 Å². The largest absolute Gasteiger partial charge is 0.463 e. The van der Waals surface area contributed by atoms with Crippen molar-refractivity contribution >= 4 is 11.9 Å². The van der Waals surface area contributed by atoms with E-state index in [9.17, 15) is 18.4 Å². The van der Waals surface area contributed by atoms with E-state index in [-0.39, 0.29) is 17.1 Å². The highest BCUT2D eigenvalue weighted by molar-refractivity contribution is 5.91. The molecular formula is C33H34F2O6. The lowest BCUT2D eigenvalue weighted by Gasteiger charge is -2.09. The van der Waals surface area contributed by atoms with Crippen LogP contribution in [-0.2, 0) is 32.1 Å². The molecule has 216 valence electrons. The molecule has 0 fully saturated rings. The van der Waals surface area contributed by atoms with E-state index in [1.807, 2.05) is 6.07 Å². The van der Waals surface area contributed by atoms with E-state index in [0.29, 0.717) is 50.2 Å². The molecule has 0 heterocycles. The molecule has 0 unspecified atom stereocenters. The van der Waals surface area contributed by atoms with Gasteiger partial charge in [-0.15, -0.1) is 6.58 Å². The van der Waals surface area contributed by atoms with Crippen molar-refractivity contribution in [1.82, 2.24) is 0 Å². The third kappa shape index (κ3) is 10.4. The van der Waals surface area contributed by atoms with E-state index < -0.39 is 17.8 Å². The third-order valence-corrected chi connectivity index (χ3v) is 6.15. The minimum Gasteiger partial charge on any atom is -0.463 e. The first-order chi connectivity index (χ1) is 19.9. The summed E-state index contributed by atoms with van der Waals surface area (Å²) in [4.78, 5) is 33.5. The molecule has 0 spiro atoms. The van der Waals surface area contributed by atoms with E-state index in [4.69, 9.17) is 19.2 Å². The maximum Gasteiger partial charge on any atom is 0.343 e. The van der Waals surface area contributed by atoms with E-state index >= 15 is 0 Å². The number of hydrogen-bond acceptors (Lipinski definition) is 6. The van der Waals surface area contributed by atoms with Gasteiger partial charge in [0, 0.05) is 11.6 Å². The highest BCUT2D eigenvalue weighted by Crippen LogP contribution is 2.26. The number of aryl methyl sites for hydroxylation is 2. The standard InChI is InChI=1S/C33H34F2O6/c1-3-19-39-40-21-8-6-10-25-12-18-31(30(35)23-25)41-33(37)27-15-13-26(14-16-27)28-17-11-24(22-29(28)34)9-5-7-20-38-32(36)4-2/h3-4,11-18,22-23H,1-2,5-10,19-21H2. The van der Waals surface area contributed by atoms with Gasteiger partial charge in [-0.3, -0.25) is 0 Å². The Morgan fingerprint density at radius 2 is 1.41 bits per heavy atom. The van der Waals surface area contributed by atoms with Gasteiger partial charge in [-0.1, -0.05) is 43.0 Å². The Morgan fingerprint density at radius 3 is 2.05 bits per heavy atom. The van der Waals surface area contributed by atoms with Crippen LogP contribution in [0.5, 0.6) is 5.75 Å². The first kappa shape index (κ1) is 31.4. The number of carbonyl (C=O) groups is 2. The quantitative estimate of drug-likeness (QED) is 0.0325. The smallest absolute Gasteiger partial charge is 0.343 e. The predicted octanol–water partition coefficient (Wildman–Crippen LogP) is 7.36. The van der Waals surface area contributed by atoms with Crippen LogP contribution in [0.1, 0.15) is 47.2 Å².